The molecule has 1 saturated carbocycles. The number of hydrogen-bond acceptors (Lipinski definition) is 4. The molecule has 0 aliphatic heterocycles. The van der Waals surface area contributed by atoms with E-state index in [4.69, 9.17) is 14.2 Å². The van der Waals surface area contributed by atoms with Crippen molar-refractivity contribution in [1.29, 1.82) is 0 Å². The molecule has 2 aromatic rings. The highest BCUT2D eigenvalue weighted by atomic mass is 16.5. The lowest BCUT2D eigenvalue weighted by molar-refractivity contribution is 0.0650. The molecule has 0 saturated heterocycles. The molecule has 0 spiro atoms. The molecular formula is C22H27NO4. The second-order valence-electron chi connectivity index (χ2n) is 6.90. The van der Waals surface area contributed by atoms with E-state index in [1.165, 1.54) is 12.8 Å². The van der Waals surface area contributed by atoms with E-state index < -0.39 is 0 Å². The molecule has 2 aromatic carbocycles. The largest absolute Gasteiger partial charge is 0.496 e. The van der Waals surface area contributed by atoms with Gasteiger partial charge in [-0.2, -0.15) is 0 Å². The van der Waals surface area contributed by atoms with Crippen LogP contribution >= 0.6 is 0 Å². The molecule has 0 radical (unpaired) electrons. The van der Waals surface area contributed by atoms with Crippen molar-refractivity contribution >= 4 is 5.91 Å². The summed E-state index contributed by atoms with van der Waals surface area (Å²) in [5.74, 6) is 2.04. The third-order valence-corrected chi connectivity index (χ3v) is 5.19. The summed E-state index contributed by atoms with van der Waals surface area (Å²) in [6.07, 6.45) is 2.34. The van der Waals surface area contributed by atoms with E-state index in [9.17, 15) is 4.79 Å². The molecule has 5 nitrogen and oxygen atoms in total. The Labute approximate surface area is 160 Å². The van der Waals surface area contributed by atoms with Crippen molar-refractivity contribution in [2.45, 2.75) is 32.4 Å². The first-order valence-electron chi connectivity index (χ1n) is 9.24. The zero-order chi connectivity index (χ0) is 19.4. The van der Waals surface area contributed by atoms with Crippen molar-refractivity contribution in [2.24, 2.45) is 5.92 Å². The first-order valence-corrected chi connectivity index (χ1v) is 9.24. The Hall–Kier alpha value is -2.69. The number of methoxy groups -OCH3 is 3. The highest BCUT2D eigenvalue weighted by molar-refractivity contribution is 5.98. The van der Waals surface area contributed by atoms with Gasteiger partial charge in [0.25, 0.3) is 5.91 Å². The fourth-order valence-electron chi connectivity index (χ4n) is 3.37. The van der Waals surface area contributed by atoms with Crippen LogP contribution in [0.2, 0.25) is 0 Å². The minimum absolute atomic E-state index is 0.0592. The summed E-state index contributed by atoms with van der Waals surface area (Å²) in [4.78, 5) is 15.5. The topological polar surface area (TPSA) is 48.0 Å². The average molecular weight is 369 g/mol. The second-order valence-corrected chi connectivity index (χ2v) is 6.90. The van der Waals surface area contributed by atoms with Crippen LogP contribution in [0.3, 0.4) is 0 Å². The number of hydrogen-bond donors (Lipinski definition) is 0. The minimum Gasteiger partial charge on any atom is -0.496 e. The summed E-state index contributed by atoms with van der Waals surface area (Å²) in [6.45, 7) is 2.70. The molecule has 3 rings (SSSR count). The zero-order valence-electron chi connectivity index (χ0n) is 16.4. The minimum atomic E-state index is -0.0592. The van der Waals surface area contributed by atoms with Gasteiger partial charge in [-0.25, -0.2) is 0 Å². The maximum Gasteiger partial charge on any atom is 0.258 e. The van der Waals surface area contributed by atoms with E-state index >= 15 is 0 Å². The van der Waals surface area contributed by atoms with Gasteiger partial charge in [0, 0.05) is 24.7 Å². The molecule has 0 bridgehead atoms. The Morgan fingerprint density at radius 1 is 1.00 bits per heavy atom. The van der Waals surface area contributed by atoms with Gasteiger partial charge in [-0.1, -0.05) is 30.3 Å². The number of amides is 1. The zero-order valence-corrected chi connectivity index (χ0v) is 16.4. The van der Waals surface area contributed by atoms with Crippen LogP contribution in [-0.4, -0.2) is 38.2 Å². The van der Waals surface area contributed by atoms with Crippen LogP contribution in [-0.2, 0) is 6.54 Å². The van der Waals surface area contributed by atoms with Crippen LogP contribution < -0.4 is 14.2 Å². The normalized spacial score (nSPS) is 14.4. The van der Waals surface area contributed by atoms with Crippen molar-refractivity contribution < 1.29 is 19.0 Å². The molecular weight excluding hydrogens is 342 g/mol. The van der Waals surface area contributed by atoms with Gasteiger partial charge in [0.05, 0.1) is 26.9 Å². The fourth-order valence-corrected chi connectivity index (χ4v) is 3.37. The fraction of sp³-hybridized carbons (Fsp3) is 0.409. The maximum absolute atomic E-state index is 13.5. The number of benzene rings is 2. The van der Waals surface area contributed by atoms with Gasteiger partial charge >= 0.3 is 0 Å². The van der Waals surface area contributed by atoms with Gasteiger partial charge < -0.3 is 19.1 Å². The van der Waals surface area contributed by atoms with Crippen LogP contribution in [0.15, 0.2) is 42.5 Å². The molecule has 1 aliphatic rings. The predicted molar refractivity (Wildman–Crippen MR) is 105 cm³/mol. The molecule has 27 heavy (non-hydrogen) atoms. The number of nitrogens with zero attached hydrogens (tertiary/aromatic N) is 1. The Bertz CT molecular complexity index is 786. The standard InChI is InChI=1S/C22H27NO4/c1-15(17-10-11-17)23(14-16-8-6-5-7-9-16)22(24)18-12-20(26-3)21(27-4)13-19(18)25-2/h5-9,12-13,15,17H,10-11,14H2,1-4H3. The first-order chi connectivity index (χ1) is 13.1. The van der Waals surface area contributed by atoms with Gasteiger partial charge in [0.15, 0.2) is 11.5 Å². The van der Waals surface area contributed by atoms with Gasteiger partial charge in [-0.05, 0) is 31.2 Å². The quantitative estimate of drug-likeness (QED) is 0.701. The van der Waals surface area contributed by atoms with E-state index in [1.54, 1.807) is 33.5 Å². The lowest BCUT2D eigenvalue weighted by atomic mass is 10.1. The average Bonchev–Trinajstić information content (AvgIpc) is 3.56. The van der Waals surface area contributed by atoms with E-state index in [0.29, 0.717) is 35.3 Å². The summed E-state index contributed by atoms with van der Waals surface area (Å²) in [7, 11) is 4.69. The van der Waals surface area contributed by atoms with Gasteiger partial charge in [0.1, 0.15) is 5.75 Å². The molecule has 0 N–H and O–H groups in total. The molecule has 1 aliphatic carbocycles. The molecule has 1 amide bonds. The van der Waals surface area contributed by atoms with Crippen LogP contribution in [0.25, 0.3) is 0 Å². The van der Waals surface area contributed by atoms with Gasteiger partial charge in [-0.3, -0.25) is 4.79 Å². The second kappa shape index (κ2) is 8.33. The lowest BCUT2D eigenvalue weighted by Gasteiger charge is -2.30. The van der Waals surface area contributed by atoms with Gasteiger partial charge in [0.2, 0.25) is 0 Å². The summed E-state index contributed by atoms with van der Waals surface area (Å²) in [6, 6.07) is 13.6. The SMILES string of the molecule is COc1cc(OC)c(C(=O)N(Cc2ccccc2)C(C)C2CC2)cc1OC. The summed E-state index contributed by atoms with van der Waals surface area (Å²) >= 11 is 0. The van der Waals surface area contributed by atoms with Crippen molar-refractivity contribution in [1.82, 2.24) is 4.90 Å². The van der Waals surface area contributed by atoms with Crippen molar-refractivity contribution in [3.63, 3.8) is 0 Å². The highest BCUT2D eigenvalue weighted by Gasteiger charge is 2.35. The molecule has 5 heteroatoms. The molecule has 0 heterocycles. The van der Waals surface area contributed by atoms with Gasteiger partial charge in [-0.15, -0.1) is 0 Å². The Morgan fingerprint density at radius 2 is 1.59 bits per heavy atom. The van der Waals surface area contributed by atoms with Crippen LogP contribution in [0.1, 0.15) is 35.7 Å². The van der Waals surface area contributed by atoms with Crippen molar-refractivity contribution in [3.05, 3.63) is 53.6 Å². The molecule has 1 unspecified atom stereocenters. The number of carbonyl (C=O) groups excluding carboxylic acids is 1. The van der Waals surface area contributed by atoms with E-state index in [2.05, 4.69) is 6.92 Å². The predicted octanol–water partition coefficient (Wildman–Crippen LogP) is 4.15. The Balaban J connectivity index is 1.97. The number of ether oxygens (including phenoxy) is 3. The first kappa shape index (κ1) is 19.1. The Kier molecular flexibility index (Phi) is 5.89. The number of carbonyl (C=O) groups is 1. The van der Waals surface area contributed by atoms with Crippen LogP contribution in [0.4, 0.5) is 0 Å². The van der Waals surface area contributed by atoms with Crippen LogP contribution in [0, 0.1) is 5.92 Å². The summed E-state index contributed by atoms with van der Waals surface area (Å²) in [5, 5.41) is 0. The number of rotatable bonds is 8. The van der Waals surface area contributed by atoms with Crippen molar-refractivity contribution in [3.8, 4) is 17.2 Å². The summed E-state index contributed by atoms with van der Waals surface area (Å²) < 4.78 is 16.2. The van der Waals surface area contributed by atoms with Crippen LogP contribution in [0.5, 0.6) is 17.2 Å². The van der Waals surface area contributed by atoms with Crippen molar-refractivity contribution in [2.75, 3.05) is 21.3 Å². The van der Waals surface area contributed by atoms with E-state index in [0.717, 1.165) is 5.56 Å². The Morgan fingerprint density at radius 3 is 2.15 bits per heavy atom. The highest BCUT2D eigenvalue weighted by Crippen LogP contribution is 2.39. The van der Waals surface area contributed by atoms with E-state index in [-0.39, 0.29) is 11.9 Å². The molecule has 0 aromatic heterocycles. The molecule has 1 atom stereocenters. The monoisotopic (exact) mass is 369 g/mol. The maximum atomic E-state index is 13.5. The molecule has 144 valence electrons. The lowest BCUT2D eigenvalue weighted by Crippen LogP contribution is -2.39. The third-order valence-electron chi connectivity index (χ3n) is 5.19. The smallest absolute Gasteiger partial charge is 0.258 e. The summed E-state index contributed by atoms with van der Waals surface area (Å²) in [5.41, 5.74) is 1.59. The third kappa shape index (κ3) is 4.18. The molecule has 1 fully saturated rings. The van der Waals surface area contributed by atoms with E-state index in [1.807, 2.05) is 35.2 Å².